The first-order valence-corrected chi connectivity index (χ1v) is 8.17. The van der Waals surface area contributed by atoms with Gasteiger partial charge in [0.15, 0.2) is 0 Å². The number of amides is 1. The van der Waals surface area contributed by atoms with Gasteiger partial charge in [0.25, 0.3) is 11.5 Å². The number of pyridine rings is 1. The molecule has 0 saturated carbocycles. The Hall–Kier alpha value is -2.36. The van der Waals surface area contributed by atoms with Gasteiger partial charge in [0, 0.05) is 42.9 Å². The molecular weight excluding hydrogens is 288 g/mol. The van der Waals surface area contributed by atoms with E-state index in [4.69, 9.17) is 0 Å². The third-order valence-corrected chi connectivity index (χ3v) is 5.07. The minimum absolute atomic E-state index is 0.0792. The minimum Gasteiger partial charge on any atom is -0.338 e. The fourth-order valence-electron chi connectivity index (χ4n) is 3.94. The number of piperidine rings is 1. The Kier molecular flexibility index (Phi) is 3.33. The largest absolute Gasteiger partial charge is 0.338 e. The molecule has 4 heteroatoms. The van der Waals surface area contributed by atoms with Crippen molar-refractivity contribution >= 4 is 5.91 Å². The van der Waals surface area contributed by atoms with Crippen LogP contribution in [-0.2, 0) is 6.54 Å². The number of hydrogen-bond acceptors (Lipinski definition) is 2. The van der Waals surface area contributed by atoms with Crippen molar-refractivity contribution in [2.75, 3.05) is 13.1 Å². The van der Waals surface area contributed by atoms with Crippen LogP contribution in [0.1, 0.15) is 34.0 Å². The minimum atomic E-state index is 0.0792. The molecule has 1 fully saturated rings. The zero-order valence-electron chi connectivity index (χ0n) is 13.2. The van der Waals surface area contributed by atoms with E-state index >= 15 is 0 Å². The summed E-state index contributed by atoms with van der Waals surface area (Å²) in [4.78, 5) is 26.8. The van der Waals surface area contributed by atoms with Crippen LogP contribution in [0.25, 0.3) is 0 Å². The van der Waals surface area contributed by atoms with Gasteiger partial charge in [0.05, 0.1) is 0 Å². The van der Waals surface area contributed by atoms with Crippen molar-refractivity contribution in [2.24, 2.45) is 5.92 Å². The Morgan fingerprint density at radius 1 is 1.04 bits per heavy atom. The lowest BCUT2D eigenvalue weighted by Gasteiger charge is -2.42. The van der Waals surface area contributed by atoms with Crippen molar-refractivity contribution in [3.8, 4) is 0 Å². The average molecular weight is 308 g/mol. The number of benzene rings is 1. The van der Waals surface area contributed by atoms with Crippen molar-refractivity contribution in [1.29, 1.82) is 0 Å². The van der Waals surface area contributed by atoms with Crippen LogP contribution in [0.15, 0.2) is 47.3 Å². The summed E-state index contributed by atoms with van der Waals surface area (Å²) in [6, 6.07) is 13.2. The number of aromatic nitrogens is 1. The van der Waals surface area contributed by atoms with E-state index in [0.29, 0.717) is 12.5 Å². The van der Waals surface area contributed by atoms with Gasteiger partial charge < -0.3 is 9.47 Å². The first-order valence-electron chi connectivity index (χ1n) is 8.17. The average Bonchev–Trinajstić information content (AvgIpc) is 2.56. The summed E-state index contributed by atoms with van der Waals surface area (Å²) in [7, 11) is 0. The molecule has 0 radical (unpaired) electrons. The molecule has 1 amide bonds. The molecule has 2 atom stereocenters. The van der Waals surface area contributed by atoms with Gasteiger partial charge in [-0.25, -0.2) is 0 Å². The molecule has 0 spiro atoms. The van der Waals surface area contributed by atoms with Gasteiger partial charge in [-0.2, -0.15) is 0 Å². The number of carbonyl (C=O) groups excluding carboxylic acids is 1. The monoisotopic (exact) mass is 308 g/mol. The number of carbonyl (C=O) groups is 1. The Labute approximate surface area is 135 Å². The molecule has 0 N–H and O–H groups in total. The van der Waals surface area contributed by atoms with Crippen LogP contribution < -0.4 is 5.56 Å². The Bertz CT molecular complexity index is 807. The number of likely N-dealkylation sites (tertiary alicyclic amines) is 1. The maximum absolute atomic E-state index is 12.8. The van der Waals surface area contributed by atoms with Gasteiger partial charge in [-0.15, -0.1) is 0 Å². The molecule has 1 aromatic carbocycles. The highest BCUT2D eigenvalue weighted by molar-refractivity contribution is 5.94. The quantitative estimate of drug-likeness (QED) is 0.812. The van der Waals surface area contributed by atoms with E-state index in [1.165, 1.54) is 0 Å². The van der Waals surface area contributed by atoms with Crippen molar-refractivity contribution in [3.63, 3.8) is 0 Å². The molecule has 23 heavy (non-hydrogen) atoms. The van der Waals surface area contributed by atoms with Crippen molar-refractivity contribution in [2.45, 2.75) is 25.8 Å². The SMILES string of the molecule is Cc1ccc(C(=O)N2C[C@H]3C[C@H](C2)c2cccc(=O)n2C3)cc1. The number of fused-ring (bicyclic) bond motifs is 4. The molecule has 1 aromatic heterocycles. The van der Waals surface area contributed by atoms with Crippen molar-refractivity contribution in [1.82, 2.24) is 9.47 Å². The fraction of sp³-hybridized carbons (Fsp3) is 0.368. The van der Waals surface area contributed by atoms with Gasteiger partial charge >= 0.3 is 0 Å². The molecule has 1 saturated heterocycles. The van der Waals surface area contributed by atoms with E-state index in [1.807, 2.05) is 52.8 Å². The van der Waals surface area contributed by atoms with Crippen molar-refractivity contribution < 1.29 is 4.79 Å². The first kappa shape index (κ1) is 14.2. The zero-order chi connectivity index (χ0) is 16.0. The number of nitrogens with zero attached hydrogens (tertiary/aromatic N) is 2. The molecule has 0 unspecified atom stereocenters. The van der Waals surface area contributed by atoms with Gasteiger partial charge in [-0.3, -0.25) is 9.59 Å². The lowest BCUT2D eigenvalue weighted by Crippen LogP contribution is -2.49. The van der Waals surface area contributed by atoms with E-state index in [1.54, 1.807) is 6.07 Å². The topological polar surface area (TPSA) is 42.3 Å². The van der Waals surface area contributed by atoms with Crippen LogP contribution >= 0.6 is 0 Å². The third kappa shape index (κ3) is 2.48. The Morgan fingerprint density at radius 2 is 1.83 bits per heavy atom. The van der Waals surface area contributed by atoms with Gasteiger partial charge in [-0.05, 0) is 37.5 Å². The normalized spacial score (nSPS) is 22.6. The van der Waals surface area contributed by atoms with E-state index in [9.17, 15) is 9.59 Å². The number of aryl methyl sites for hydroxylation is 1. The van der Waals surface area contributed by atoms with E-state index in [0.717, 1.165) is 36.3 Å². The highest BCUT2D eigenvalue weighted by atomic mass is 16.2. The highest BCUT2D eigenvalue weighted by Gasteiger charge is 2.36. The molecule has 0 aliphatic carbocycles. The smallest absolute Gasteiger partial charge is 0.253 e. The van der Waals surface area contributed by atoms with Gasteiger partial charge in [0.2, 0.25) is 0 Å². The van der Waals surface area contributed by atoms with E-state index < -0.39 is 0 Å². The second-order valence-corrected chi connectivity index (χ2v) is 6.77. The van der Waals surface area contributed by atoms with E-state index in [2.05, 4.69) is 0 Å². The summed E-state index contributed by atoms with van der Waals surface area (Å²) in [5, 5.41) is 0. The molecule has 4 nitrogen and oxygen atoms in total. The maximum atomic E-state index is 12.8. The molecule has 3 heterocycles. The van der Waals surface area contributed by atoms with Crippen LogP contribution in [0, 0.1) is 12.8 Å². The summed E-state index contributed by atoms with van der Waals surface area (Å²) in [6.45, 7) is 4.19. The van der Waals surface area contributed by atoms with Crippen LogP contribution in [0.5, 0.6) is 0 Å². The Morgan fingerprint density at radius 3 is 2.61 bits per heavy atom. The predicted molar refractivity (Wildman–Crippen MR) is 88.6 cm³/mol. The lowest BCUT2D eigenvalue weighted by molar-refractivity contribution is 0.0594. The third-order valence-electron chi connectivity index (χ3n) is 5.07. The standard InChI is InChI=1S/C19H20N2O2/c1-13-5-7-15(8-6-13)19(23)20-10-14-9-16(12-20)17-3-2-4-18(22)21(17)11-14/h2-8,14,16H,9-12H2,1H3/t14-,16-/m1/s1. The lowest BCUT2D eigenvalue weighted by atomic mass is 9.83. The van der Waals surface area contributed by atoms with Crippen molar-refractivity contribution in [3.05, 3.63) is 69.6 Å². The predicted octanol–water partition coefficient (Wildman–Crippen LogP) is 2.42. The van der Waals surface area contributed by atoms with Crippen LogP contribution in [0.4, 0.5) is 0 Å². The van der Waals surface area contributed by atoms with Gasteiger partial charge in [-0.1, -0.05) is 23.8 Å². The zero-order valence-corrected chi connectivity index (χ0v) is 13.2. The first-order chi connectivity index (χ1) is 11.1. The molecule has 4 rings (SSSR count). The summed E-state index contributed by atoms with van der Waals surface area (Å²) in [6.07, 6.45) is 1.07. The second kappa shape index (κ2) is 5.37. The summed E-state index contributed by atoms with van der Waals surface area (Å²) >= 11 is 0. The number of rotatable bonds is 1. The summed E-state index contributed by atoms with van der Waals surface area (Å²) in [5.41, 5.74) is 3.07. The summed E-state index contributed by atoms with van der Waals surface area (Å²) in [5.74, 6) is 0.743. The Balaban J connectivity index is 1.62. The molecule has 118 valence electrons. The summed E-state index contributed by atoms with van der Waals surface area (Å²) < 4.78 is 1.90. The molecular formula is C19H20N2O2. The van der Waals surface area contributed by atoms with Crippen LogP contribution in [-0.4, -0.2) is 28.5 Å². The van der Waals surface area contributed by atoms with Crippen LogP contribution in [0.2, 0.25) is 0 Å². The molecule has 2 aromatic rings. The second-order valence-electron chi connectivity index (χ2n) is 6.77. The molecule has 2 aliphatic rings. The highest BCUT2D eigenvalue weighted by Crippen LogP contribution is 2.35. The molecule has 2 aliphatic heterocycles. The van der Waals surface area contributed by atoms with Gasteiger partial charge in [0.1, 0.15) is 0 Å². The maximum Gasteiger partial charge on any atom is 0.253 e. The number of hydrogen-bond donors (Lipinski definition) is 0. The van der Waals surface area contributed by atoms with Crippen LogP contribution in [0.3, 0.4) is 0 Å². The fourth-order valence-corrected chi connectivity index (χ4v) is 3.94. The molecule has 2 bridgehead atoms. The van der Waals surface area contributed by atoms with E-state index in [-0.39, 0.29) is 17.4 Å².